The maximum absolute atomic E-state index is 12.3. The second kappa shape index (κ2) is 9.82. The molecule has 3 rings (SSSR count). The lowest BCUT2D eigenvalue weighted by molar-refractivity contribution is -0.384. The fourth-order valence-corrected chi connectivity index (χ4v) is 3.50. The molecule has 2 aromatic rings. The van der Waals surface area contributed by atoms with Crippen molar-refractivity contribution in [3.8, 4) is 0 Å². The zero-order chi connectivity index (χ0) is 20.8. The molecular weight excluding hydrogens is 415 g/mol. The number of piperidine rings is 1. The van der Waals surface area contributed by atoms with Gasteiger partial charge < -0.3 is 0 Å². The minimum absolute atomic E-state index is 0.0885. The van der Waals surface area contributed by atoms with E-state index in [4.69, 9.17) is 23.2 Å². The van der Waals surface area contributed by atoms with Crippen molar-refractivity contribution in [3.63, 3.8) is 0 Å². The molecule has 1 amide bonds. The zero-order valence-electron chi connectivity index (χ0n) is 15.6. The van der Waals surface area contributed by atoms with E-state index in [1.807, 2.05) is 0 Å². The number of hydrogen-bond donors (Lipinski definition) is 1. The minimum Gasteiger partial charge on any atom is -0.299 e. The van der Waals surface area contributed by atoms with Crippen LogP contribution >= 0.6 is 23.2 Å². The molecule has 152 valence electrons. The number of carbonyl (C=O) groups excluding carboxylic acids is 1. The van der Waals surface area contributed by atoms with E-state index in [1.165, 1.54) is 18.3 Å². The molecule has 0 bridgehead atoms. The zero-order valence-corrected chi connectivity index (χ0v) is 17.1. The van der Waals surface area contributed by atoms with E-state index in [0.717, 1.165) is 37.1 Å². The van der Waals surface area contributed by atoms with Crippen LogP contribution in [0.1, 0.15) is 24.0 Å². The molecule has 7 nitrogen and oxygen atoms in total. The molecule has 1 saturated heterocycles. The van der Waals surface area contributed by atoms with Crippen molar-refractivity contribution in [1.82, 2.24) is 10.3 Å². The predicted octanol–water partition coefficient (Wildman–Crippen LogP) is 4.26. The van der Waals surface area contributed by atoms with Gasteiger partial charge in [-0.05, 0) is 49.2 Å². The standard InChI is InChI=1S/C20H20Cl2N4O3/c21-18-6-3-15(11-19(18)22)12-23-24-20(27)16-7-9-25(10-8-16)13-14-1-4-17(5-2-14)26(28)29/h1-6,11-12,16H,7-10,13H2,(H,24,27)/b23-12+. The van der Waals surface area contributed by atoms with Crippen LogP contribution in [0.25, 0.3) is 0 Å². The first-order chi connectivity index (χ1) is 13.9. The largest absolute Gasteiger partial charge is 0.299 e. The highest BCUT2D eigenvalue weighted by atomic mass is 35.5. The highest BCUT2D eigenvalue weighted by molar-refractivity contribution is 6.42. The number of likely N-dealkylation sites (tertiary alicyclic amines) is 1. The van der Waals surface area contributed by atoms with Gasteiger partial charge in [0.1, 0.15) is 0 Å². The van der Waals surface area contributed by atoms with Gasteiger partial charge in [-0.15, -0.1) is 0 Å². The van der Waals surface area contributed by atoms with Crippen LogP contribution < -0.4 is 5.43 Å². The Balaban J connectivity index is 1.44. The molecule has 0 aliphatic carbocycles. The average molecular weight is 435 g/mol. The molecular formula is C20H20Cl2N4O3. The van der Waals surface area contributed by atoms with Gasteiger partial charge in [0.25, 0.3) is 5.69 Å². The van der Waals surface area contributed by atoms with E-state index in [-0.39, 0.29) is 17.5 Å². The maximum atomic E-state index is 12.3. The number of hydrazone groups is 1. The van der Waals surface area contributed by atoms with Crippen LogP contribution in [-0.4, -0.2) is 35.0 Å². The lowest BCUT2D eigenvalue weighted by Gasteiger charge is -2.30. The highest BCUT2D eigenvalue weighted by Crippen LogP contribution is 2.22. The normalized spacial score (nSPS) is 15.5. The van der Waals surface area contributed by atoms with Gasteiger partial charge in [0.2, 0.25) is 5.91 Å². The molecule has 1 aliphatic heterocycles. The lowest BCUT2D eigenvalue weighted by atomic mass is 9.96. The molecule has 1 N–H and O–H groups in total. The molecule has 0 atom stereocenters. The average Bonchev–Trinajstić information content (AvgIpc) is 2.71. The summed E-state index contributed by atoms with van der Waals surface area (Å²) in [6.45, 7) is 2.28. The van der Waals surface area contributed by atoms with Gasteiger partial charge in [0, 0.05) is 24.6 Å². The third kappa shape index (κ3) is 6.00. The second-order valence-corrected chi connectivity index (χ2v) is 7.70. The monoisotopic (exact) mass is 434 g/mol. The summed E-state index contributed by atoms with van der Waals surface area (Å²) >= 11 is 11.8. The Morgan fingerprint density at radius 3 is 2.48 bits per heavy atom. The number of rotatable bonds is 6. The molecule has 0 aromatic heterocycles. The number of non-ortho nitro benzene ring substituents is 1. The number of nitro groups is 1. The Labute approximate surface area is 178 Å². The van der Waals surface area contributed by atoms with Gasteiger partial charge >= 0.3 is 0 Å². The van der Waals surface area contributed by atoms with Crippen molar-refractivity contribution in [2.75, 3.05) is 13.1 Å². The van der Waals surface area contributed by atoms with E-state index >= 15 is 0 Å². The predicted molar refractivity (Wildman–Crippen MR) is 113 cm³/mol. The third-order valence-corrected chi connectivity index (χ3v) is 5.58. The Bertz CT molecular complexity index is 910. The summed E-state index contributed by atoms with van der Waals surface area (Å²) in [5.41, 5.74) is 4.44. The Kier molecular flexibility index (Phi) is 7.19. The third-order valence-electron chi connectivity index (χ3n) is 4.84. The summed E-state index contributed by atoms with van der Waals surface area (Å²) in [6, 6.07) is 11.7. The van der Waals surface area contributed by atoms with Crippen LogP contribution in [0.2, 0.25) is 10.0 Å². The Hall–Kier alpha value is -2.48. The molecule has 0 saturated carbocycles. The van der Waals surface area contributed by atoms with Gasteiger partial charge in [-0.25, -0.2) is 5.43 Å². The summed E-state index contributed by atoms with van der Waals surface area (Å²) in [7, 11) is 0. The summed E-state index contributed by atoms with van der Waals surface area (Å²) in [5.74, 6) is -0.189. The summed E-state index contributed by atoms with van der Waals surface area (Å²) < 4.78 is 0. The van der Waals surface area contributed by atoms with Gasteiger partial charge in [0.05, 0.1) is 21.2 Å². The molecule has 29 heavy (non-hydrogen) atoms. The van der Waals surface area contributed by atoms with E-state index < -0.39 is 4.92 Å². The second-order valence-electron chi connectivity index (χ2n) is 6.88. The van der Waals surface area contributed by atoms with Gasteiger partial charge in [-0.3, -0.25) is 19.8 Å². The number of benzene rings is 2. The molecule has 2 aromatic carbocycles. The number of hydrogen-bond acceptors (Lipinski definition) is 5. The van der Waals surface area contributed by atoms with Crippen LogP contribution in [0.4, 0.5) is 5.69 Å². The first kappa shape index (κ1) is 21.2. The molecule has 1 heterocycles. The SMILES string of the molecule is O=C(N/N=C/c1ccc(Cl)c(Cl)c1)C1CCN(Cc2ccc([N+](=O)[O-])cc2)CC1. The van der Waals surface area contributed by atoms with Gasteiger partial charge in [0.15, 0.2) is 0 Å². The van der Waals surface area contributed by atoms with Crippen molar-refractivity contribution in [3.05, 3.63) is 73.8 Å². The topological polar surface area (TPSA) is 87.8 Å². The van der Waals surface area contributed by atoms with Crippen molar-refractivity contribution >= 4 is 41.0 Å². The molecule has 0 spiro atoms. The van der Waals surface area contributed by atoms with Crippen molar-refractivity contribution < 1.29 is 9.72 Å². The highest BCUT2D eigenvalue weighted by Gasteiger charge is 2.24. The van der Waals surface area contributed by atoms with E-state index in [9.17, 15) is 14.9 Å². The van der Waals surface area contributed by atoms with Crippen LogP contribution in [0.5, 0.6) is 0 Å². The molecule has 0 radical (unpaired) electrons. The summed E-state index contributed by atoms with van der Waals surface area (Å²) in [6.07, 6.45) is 3.01. The molecule has 1 fully saturated rings. The number of amides is 1. The summed E-state index contributed by atoms with van der Waals surface area (Å²) in [4.78, 5) is 24.9. The van der Waals surface area contributed by atoms with Crippen LogP contribution in [-0.2, 0) is 11.3 Å². The van der Waals surface area contributed by atoms with Crippen molar-refractivity contribution in [1.29, 1.82) is 0 Å². The molecule has 1 aliphatic rings. The number of nitrogens with one attached hydrogen (secondary N) is 1. The number of nitrogens with zero attached hydrogens (tertiary/aromatic N) is 3. The first-order valence-corrected chi connectivity index (χ1v) is 9.91. The molecule has 9 heteroatoms. The number of nitro benzene ring substituents is 1. The van der Waals surface area contributed by atoms with Crippen LogP contribution in [0.15, 0.2) is 47.6 Å². The van der Waals surface area contributed by atoms with E-state index in [0.29, 0.717) is 16.6 Å². The van der Waals surface area contributed by atoms with Crippen molar-refractivity contribution in [2.45, 2.75) is 19.4 Å². The minimum atomic E-state index is -0.405. The van der Waals surface area contributed by atoms with Crippen LogP contribution in [0.3, 0.4) is 0 Å². The van der Waals surface area contributed by atoms with E-state index in [2.05, 4.69) is 15.4 Å². The molecule has 0 unspecified atom stereocenters. The summed E-state index contributed by atoms with van der Waals surface area (Å²) in [5, 5.41) is 15.6. The smallest absolute Gasteiger partial charge is 0.269 e. The Morgan fingerprint density at radius 1 is 1.17 bits per heavy atom. The number of halogens is 2. The quantitative estimate of drug-likeness (QED) is 0.417. The maximum Gasteiger partial charge on any atom is 0.269 e. The Morgan fingerprint density at radius 2 is 1.86 bits per heavy atom. The first-order valence-electron chi connectivity index (χ1n) is 9.16. The number of carbonyl (C=O) groups is 1. The van der Waals surface area contributed by atoms with Gasteiger partial charge in [-0.2, -0.15) is 5.10 Å². The van der Waals surface area contributed by atoms with Gasteiger partial charge in [-0.1, -0.05) is 41.4 Å². The lowest BCUT2D eigenvalue weighted by Crippen LogP contribution is -2.39. The van der Waals surface area contributed by atoms with Crippen LogP contribution in [0, 0.1) is 16.0 Å². The fraction of sp³-hybridized carbons (Fsp3) is 0.300. The van der Waals surface area contributed by atoms with E-state index in [1.54, 1.807) is 30.3 Å². The van der Waals surface area contributed by atoms with Crippen molar-refractivity contribution in [2.24, 2.45) is 11.0 Å². The fourth-order valence-electron chi connectivity index (χ4n) is 3.19.